The van der Waals surface area contributed by atoms with Gasteiger partial charge in [0, 0.05) is 16.2 Å². The van der Waals surface area contributed by atoms with Crippen LogP contribution in [-0.4, -0.2) is 23.2 Å². The normalized spacial score (nSPS) is 12.6. The van der Waals surface area contributed by atoms with Crippen LogP contribution in [-0.2, 0) is 4.79 Å². The molecular formula is C23H20N2O4. The maximum absolute atomic E-state index is 13.3. The Bertz CT molecular complexity index is 976. The minimum Gasteiger partial charge on any atom is -0.325 e. The van der Waals surface area contributed by atoms with Gasteiger partial charge in [-0.05, 0) is 17.7 Å². The molecule has 0 radical (unpaired) electrons. The molecule has 6 nitrogen and oxygen atoms in total. The molecule has 2 atom stereocenters. The minimum absolute atomic E-state index is 0.338. The predicted molar refractivity (Wildman–Crippen MR) is 110 cm³/mol. The highest BCUT2D eigenvalue weighted by Crippen LogP contribution is 2.29. The van der Waals surface area contributed by atoms with Crippen LogP contribution >= 0.6 is 0 Å². The van der Waals surface area contributed by atoms with Gasteiger partial charge in [0.2, 0.25) is 12.5 Å². The Balaban J connectivity index is 2.03. The van der Waals surface area contributed by atoms with E-state index in [0.717, 1.165) is 0 Å². The number of anilines is 1. The lowest BCUT2D eigenvalue weighted by Gasteiger charge is -2.23. The van der Waals surface area contributed by atoms with Crippen molar-refractivity contribution in [1.29, 1.82) is 0 Å². The zero-order valence-electron chi connectivity index (χ0n) is 15.6. The van der Waals surface area contributed by atoms with Crippen molar-refractivity contribution in [2.24, 2.45) is 5.92 Å². The van der Waals surface area contributed by atoms with Crippen LogP contribution in [0.4, 0.5) is 5.69 Å². The monoisotopic (exact) mass is 388 g/mol. The zero-order valence-corrected chi connectivity index (χ0v) is 15.6. The summed E-state index contributed by atoms with van der Waals surface area (Å²) in [5.74, 6) is -3.16. The highest BCUT2D eigenvalue weighted by atomic mass is 16.6. The SMILES string of the molecule is O=C(Nc1ccccc1)[C@@H](C(=O)c1ccccc1)[C@H](C[N+](=O)[O-])c1ccccc1. The number of para-hydroxylation sites is 1. The molecule has 0 aliphatic rings. The number of hydrogen-bond acceptors (Lipinski definition) is 4. The number of nitrogens with one attached hydrogen (secondary N) is 1. The molecule has 0 heterocycles. The molecule has 6 heteroatoms. The molecule has 1 N–H and O–H groups in total. The molecule has 29 heavy (non-hydrogen) atoms. The van der Waals surface area contributed by atoms with Crippen molar-refractivity contribution in [2.45, 2.75) is 5.92 Å². The number of carbonyl (C=O) groups excluding carboxylic acids is 2. The lowest BCUT2D eigenvalue weighted by molar-refractivity contribution is -0.484. The van der Waals surface area contributed by atoms with E-state index in [-0.39, 0.29) is 0 Å². The van der Waals surface area contributed by atoms with Gasteiger partial charge in [0.05, 0.1) is 5.92 Å². The van der Waals surface area contributed by atoms with E-state index in [9.17, 15) is 19.7 Å². The van der Waals surface area contributed by atoms with Gasteiger partial charge in [0.15, 0.2) is 5.78 Å². The second kappa shape index (κ2) is 9.41. The van der Waals surface area contributed by atoms with Gasteiger partial charge in [-0.3, -0.25) is 19.7 Å². The summed E-state index contributed by atoms with van der Waals surface area (Å²) in [6.07, 6.45) is 0. The fourth-order valence-electron chi connectivity index (χ4n) is 3.27. The smallest absolute Gasteiger partial charge is 0.236 e. The van der Waals surface area contributed by atoms with E-state index in [1.807, 2.05) is 6.07 Å². The fourth-order valence-corrected chi connectivity index (χ4v) is 3.27. The zero-order chi connectivity index (χ0) is 20.6. The van der Waals surface area contributed by atoms with Gasteiger partial charge in [0.1, 0.15) is 5.92 Å². The molecule has 0 aliphatic heterocycles. The third kappa shape index (κ3) is 5.13. The second-order valence-electron chi connectivity index (χ2n) is 6.60. The molecule has 0 aromatic heterocycles. The van der Waals surface area contributed by atoms with Gasteiger partial charge in [-0.25, -0.2) is 0 Å². The Morgan fingerprint density at radius 2 is 1.34 bits per heavy atom. The fraction of sp³-hybridized carbons (Fsp3) is 0.130. The molecule has 0 saturated heterocycles. The summed E-state index contributed by atoms with van der Waals surface area (Å²) in [6, 6.07) is 25.8. The summed E-state index contributed by atoms with van der Waals surface area (Å²) in [6.45, 7) is -0.532. The molecule has 3 rings (SSSR count). The van der Waals surface area contributed by atoms with E-state index in [0.29, 0.717) is 16.8 Å². The molecule has 0 unspecified atom stereocenters. The molecule has 0 aliphatic carbocycles. The van der Waals surface area contributed by atoms with E-state index in [1.165, 1.54) is 0 Å². The summed E-state index contributed by atoms with van der Waals surface area (Å²) in [4.78, 5) is 37.4. The van der Waals surface area contributed by atoms with Crippen LogP contribution < -0.4 is 5.32 Å². The van der Waals surface area contributed by atoms with Crippen LogP contribution in [0, 0.1) is 16.0 Å². The van der Waals surface area contributed by atoms with Gasteiger partial charge in [-0.2, -0.15) is 0 Å². The topological polar surface area (TPSA) is 89.3 Å². The largest absolute Gasteiger partial charge is 0.325 e. The standard InChI is InChI=1S/C23H20N2O4/c26-22(18-12-6-2-7-13-18)21(23(27)24-19-14-8-3-9-15-19)20(16-25(28)29)17-10-4-1-5-11-17/h1-15,20-21H,16H2,(H,24,27)/t20-,21-/m1/s1. The van der Waals surface area contributed by atoms with Crippen LogP contribution in [0.1, 0.15) is 21.8 Å². The maximum atomic E-state index is 13.3. The number of nitrogens with zero attached hydrogens (tertiary/aromatic N) is 1. The van der Waals surface area contributed by atoms with Crippen LogP contribution in [0.2, 0.25) is 0 Å². The summed E-state index contributed by atoms with van der Waals surface area (Å²) < 4.78 is 0. The number of nitro groups is 1. The van der Waals surface area contributed by atoms with Gasteiger partial charge >= 0.3 is 0 Å². The summed E-state index contributed by atoms with van der Waals surface area (Å²) >= 11 is 0. The molecule has 1 amide bonds. The van der Waals surface area contributed by atoms with Crippen molar-refractivity contribution in [3.63, 3.8) is 0 Å². The number of rotatable bonds is 8. The third-order valence-corrected chi connectivity index (χ3v) is 4.64. The van der Waals surface area contributed by atoms with Crippen molar-refractivity contribution < 1.29 is 14.5 Å². The van der Waals surface area contributed by atoms with E-state index < -0.39 is 35.0 Å². The number of carbonyl (C=O) groups is 2. The lowest BCUT2D eigenvalue weighted by Crippen LogP contribution is -2.37. The van der Waals surface area contributed by atoms with Crippen molar-refractivity contribution in [1.82, 2.24) is 0 Å². The first-order valence-electron chi connectivity index (χ1n) is 9.18. The minimum atomic E-state index is -1.24. The molecule has 3 aromatic carbocycles. The first-order chi connectivity index (χ1) is 14.1. The number of amides is 1. The quantitative estimate of drug-likeness (QED) is 0.271. The number of ketones is 1. The van der Waals surface area contributed by atoms with E-state index in [4.69, 9.17) is 0 Å². The molecule has 0 spiro atoms. The number of Topliss-reactive ketones (excluding diaryl/α,β-unsaturated/α-hetero) is 1. The van der Waals surface area contributed by atoms with Crippen LogP contribution in [0.25, 0.3) is 0 Å². The predicted octanol–water partition coefficient (Wildman–Crippen LogP) is 4.18. The Kier molecular flexibility index (Phi) is 6.47. The Hall–Kier alpha value is -3.80. The first kappa shape index (κ1) is 19.9. The van der Waals surface area contributed by atoms with E-state index >= 15 is 0 Å². The molecule has 0 fully saturated rings. The second-order valence-corrected chi connectivity index (χ2v) is 6.60. The van der Waals surface area contributed by atoms with Gasteiger partial charge in [-0.1, -0.05) is 78.9 Å². The molecular weight excluding hydrogens is 368 g/mol. The lowest BCUT2D eigenvalue weighted by atomic mass is 9.80. The highest BCUT2D eigenvalue weighted by molar-refractivity contribution is 6.14. The van der Waals surface area contributed by atoms with E-state index in [2.05, 4.69) is 5.32 Å². The van der Waals surface area contributed by atoms with Crippen LogP contribution in [0.5, 0.6) is 0 Å². The summed E-state index contributed by atoms with van der Waals surface area (Å²) in [5.41, 5.74) is 1.43. The molecule has 3 aromatic rings. The average molecular weight is 388 g/mol. The Morgan fingerprint density at radius 3 is 1.90 bits per heavy atom. The molecule has 0 saturated carbocycles. The maximum Gasteiger partial charge on any atom is 0.236 e. The van der Waals surface area contributed by atoms with Gasteiger partial charge < -0.3 is 5.32 Å². The molecule has 146 valence electrons. The van der Waals surface area contributed by atoms with Crippen LogP contribution in [0.3, 0.4) is 0 Å². The van der Waals surface area contributed by atoms with Crippen molar-refractivity contribution in [3.05, 3.63) is 112 Å². The van der Waals surface area contributed by atoms with Gasteiger partial charge in [-0.15, -0.1) is 0 Å². The number of hydrogen-bond donors (Lipinski definition) is 1. The van der Waals surface area contributed by atoms with Crippen LogP contribution in [0.15, 0.2) is 91.0 Å². The van der Waals surface area contributed by atoms with Crippen molar-refractivity contribution in [3.8, 4) is 0 Å². The first-order valence-corrected chi connectivity index (χ1v) is 9.18. The third-order valence-electron chi connectivity index (χ3n) is 4.64. The number of benzene rings is 3. The molecule has 0 bridgehead atoms. The average Bonchev–Trinajstić information content (AvgIpc) is 2.75. The Morgan fingerprint density at radius 1 is 0.828 bits per heavy atom. The van der Waals surface area contributed by atoms with E-state index in [1.54, 1.807) is 84.9 Å². The van der Waals surface area contributed by atoms with Gasteiger partial charge in [0.25, 0.3) is 0 Å². The summed E-state index contributed by atoms with van der Waals surface area (Å²) in [5, 5.41) is 14.1. The summed E-state index contributed by atoms with van der Waals surface area (Å²) in [7, 11) is 0. The Labute approximate surface area is 168 Å². The van der Waals surface area contributed by atoms with Crippen molar-refractivity contribution >= 4 is 17.4 Å². The highest BCUT2D eigenvalue weighted by Gasteiger charge is 2.39. The van der Waals surface area contributed by atoms with Crippen molar-refractivity contribution in [2.75, 3.05) is 11.9 Å².